The van der Waals surface area contributed by atoms with Crippen LogP contribution in [0.25, 0.3) is 0 Å². The molecule has 0 aliphatic heterocycles. The molecule has 1 atom stereocenters. The lowest BCUT2D eigenvalue weighted by Gasteiger charge is -2.12. The molecule has 66 valence electrons. The van der Waals surface area contributed by atoms with Crippen molar-refractivity contribution in [2.45, 2.75) is 19.4 Å². The van der Waals surface area contributed by atoms with Crippen LogP contribution in [0, 0.1) is 5.41 Å². The summed E-state index contributed by atoms with van der Waals surface area (Å²) in [7, 11) is 0. The first-order valence-corrected chi connectivity index (χ1v) is 3.46. The van der Waals surface area contributed by atoms with Crippen LogP contribution in [0.5, 0.6) is 0 Å². The van der Waals surface area contributed by atoms with Crippen molar-refractivity contribution >= 4 is 5.96 Å². The van der Waals surface area contributed by atoms with Crippen molar-refractivity contribution < 1.29 is 9.84 Å². The van der Waals surface area contributed by atoms with E-state index in [2.05, 4.69) is 10.1 Å². The monoisotopic (exact) mass is 161 g/mol. The molecule has 0 aliphatic carbocycles. The smallest absolute Gasteiger partial charge is 0.185 e. The van der Waals surface area contributed by atoms with Gasteiger partial charge in [-0.2, -0.15) is 0 Å². The van der Waals surface area contributed by atoms with Crippen LogP contribution in [0.3, 0.4) is 0 Å². The highest BCUT2D eigenvalue weighted by Crippen LogP contribution is 1.89. The van der Waals surface area contributed by atoms with Gasteiger partial charge >= 0.3 is 0 Å². The van der Waals surface area contributed by atoms with Crippen molar-refractivity contribution in [3.8, 4) is 0 Å². The van der Waals surface area contributed by atoms with Crippen LogP contribution in [0.1, 0.15) is 13.3 Å². The predicted octanol–water partition coefficient (Wildman–Crippen LogP) is -0.786. The maximum atomic E-state index is 8.25. The second kappa shape index (κ2) is 5.94. The topological polar surface area (TPSA) is 91.4 Å². The molecule has 0 aromatic carbocycles. The van der Waals surface area contributed by atoms with Gasteiger partial charge in [-0.25, -0.2) is 0 Å². The van der Waals surface area contributed by atoms with Crippen molar-refractivity contribution in [1.29, 1.82) is 5.41 Å². The Kier molecular flexibility index (Phi) is 5.50. The fourth-order valence-electron chi connectivity index (χ4n) is 0.662. The van der Waals surface area contributed by atoms with Gasteiger partial charge in [0.2, 0.25) is 0 Å². The van der Waals surface area contributed by atoms with Gasteiger partial charge in [0, 0.05) is 6.04 Å². The molecular formula is C6H15N3O2. The van der Waals surface area contributed by atoms with Gasteiger partial charge in [0.05, 0.1) is 6.61 Å². The zero-order valence-electron chi connectivity index (χ0n) is 6.63. The van der Waals surface area contributed by atoms with E-state index in [1.54, 1.807) is 0 Å². The van der Waals surface area contributed by atoms with Gasteiger partial charge in [-0.3, -0.25) is 5.41 Å². The molecule has 0 amide bonds. The number of hydrogen-bond acceptors (Lipinski definition) is 3. The number of nitrogens with one attached hydrogen (secondary N) is 2. The Balaban J connectivity index is 3.22. The first-order valence-electron chi connectivity index (χ1n) is 3.46. The third-order valence-corrected chi connectivity index (χ3v) is 1.19. The summed E-state index contributed by atoms with van der Waals surface area (Å²) in [5.74, 6) is -0.0403. The van der Waals surface area contributed by atoms with E-state index in [1.165, 1.54) is 0 Å². The molecule has 5 N–H and O–H groups in total. The Bertz CT molecular complexity index is 118. The van der Waals surface area contributed by atoms with Gasteiger partial charge in [-0.15, -0.1) is 0 Å². The SMILES string of the molecule is CC(CCOCO)NC(=N)N. The van der Waals surface area contributed by atoms with E-state index in [9.17, 15) is 0 Å². The predicted molar refractivity (Wildman–Crippen MR) is 42.2 cm³/mol. The Morgan fingerprint density at radius 3 is 2.91 bits per heavy atom. The average molecular weight is 161 g/mol. The first kappa shape index (κ1) is 10.2. The lowest BCUT2D eigenvalue weighted by Crippen LogP contribution is -2.37. The van der Waals surface area contributed by atoms with Crippen LogP contribution in [0.2, 0.25) is 0 Å². The van der Waals surface area contributed by atoms with Crippen molar-refractivity contribution in [2.24, 2.45) is 5.73 Å². The molecule has 0 spiro atoms. The Morgan fingerprint density at radius 2 is 2.45 bits per heavy atom. The molecule has 0 aliphatic rings. The second-order valence-electron chi connectivity index (χ2n) is 2.29. The van der Waals surface area contributed by atoms with Crippen molar-refractivity contribution in [2.75, 3.05) is 13.4 Å². The normalized spacial score (nSPS) is 12.5. The zero-order valence-corrected chi connectivity index (χ0v) is 6.63. The minimum atomic E-state index is -0.257. The highest BCUT2D eigenvalue weighted by Gasteiger charge is 2.00. The molecule has 0 rings (SSSR count). The molecule has 0 fully saturated rings. The molecule has 0 heterocycles. The highest BCUT2D eigenvalue weighted by atomic mass is 16.6. The Hall–Kier alpha value is -0.810. The number of nitrogens with two attached hydrogens (primary N) is 1. The first-order chi connectivity index (χ1) is 5.16. The molecule has 0 bridgehead atoms. The summed E-state index contributed by atoms with van der Waals surface area (Å²) in [6.07, 6.45) is 0.722. The lowest BCUT2D eigenvalue weighted by molar-refractivity contribution is -0.00390. The third-order valence-electron chi connectivity index (χ3n) is 1.19. The molecule has 0 saturated heterocycles. The minimum absolute atomic E-state index is 0.0403. The number of hydrogen-bond donors (Lipinski definition) is 4. The number of ether oxygens (including phenoxy) is 1. The molecule has 5 nitrogen and oxygen atoms in total. The van der Waals surface area contributed by atoms with Crippen molar-refractivity contribution in [3.63, 3.8) is 0 Å². The van der Waals surface area contributed by atoms with Gasteiger partial charge in [0.1, 0.15) is 6.79 Å². The number of guanidine groups is 1. The Labute approximate surface area is 66.0 Å². The molecule has 0 aromatic rings. The van der Waals surface area contributed by atoms with Crippen LogP contribution < -0.4 is 11.1 Å². The second-order valence-corrected chi connectivity index (χ2v) is 2.29. The summed E-state index contributed by atoms with van der Waals surface area (Å²) in [6, 6.07) is 0.110. The molecule has 0 saturated carbocycles. The van der Waals surface area contributed by atoms with Gasteiger partial charge in [-0.1, -0.05) is 0 Å². The summed E-state index contributed by atoms with van der Waals surface area (Å²) in [5, 5.41) is 17.8. The maximum Gasteiger partial charge on any atom is 0.185 e. The number of rotatable bonds is 5. The van der Waals surface area contributed by atoms with Crippen LogP contribution in [0.15, 0.2) is 0 Å². The van der Waals surface area contributed by atoms with E-state index >= 15 is 0 Å². The van der Waals surface area contributed by atoms with Crippen LogP contribution in [-0.2, 0) is 4.74 Å². The minimum Gasteiger partial charge on any atom is -0.371 e. The summed E-state index contributed by atoms with van der Waals surface area (Å²) >= 11 is 0. The molecule has 11 heavy (non-hydrogen) atoms. The van der Waals surface area contributed by atoms with E-state index in [0.29, 0.717) is 6.61 Å². The lowest BCUT2D eigenvalue weighted by atomic mass is 10.2. The van der Waals surface area contributed by atoms with Crippen LogP contribution >= 0.6 is 0 Å². The van der Waals surface area contributed by atoms with E-state index in [1.807, 2.05) is 6.92 Å². The zero-order chi connectivity index (χ0) is 8.69. The number of aliphatic hydroxyl groups excluding tert-OH is 1. The van der Waals surface area contributed by atoms with Crippen LogP contribution in [0.4, 0.5) is 0 Å². The fraction of sp³-hybridized carbons (Fsp3) is 0.833. The van der Waals surface area contributed by atoms with Gasteiger partial charge in [-0.05, 0) is 13.3 Å². The summed E-state index contributed by atoms with van der Waals surface area (Å²) < 4.78 is 4.69. The number of aliphatic hydroxyl groups is 1. The van der Waals surface area contributed by atoms with Crippen molar-refractivity contribution in [3.05, 3.63) is 0 Å². The molecule has 0 aromatic heterocycles. The molecule has 5 heteroatoms. The van der Waals surface area contributed by atoms with E-state index in [4.69, 9.17) is 16.2 Å². The largest absolute Gasteiger partial charge is 0.371 e. The summed E-state index contributed by atoms with van der Waals surface area (Å²) in [5.41, 5.74) is 5.08. The highest BCUT2D eigenvalue weighted by molar-refractivity contribution is 5.74. The molecule has 1 unspecified atom stereocenters. The van der Waals surface area contributed by atoms with Gasteiger partial charge in [0.15, 0.2) is 5.96 Å². The third kappa shape index (κ3) is 7.08. The van der Waals surface area contributed by atoms with Gasteiger partial charge in [0.25, 0.3) is 0 Å². The van der Waals surface area contributed by atoms with Gasteiger partial charge < -0.3 is 20.9 Å². The van der Waals surface area contributed by atoms with E-state index < -0.39 is 0 Å². The molecule has 0 radical (unpaired) electrons. The molecular weight excluding hydrogens is 146 g/mol. The quantitative estimate of drug-likeness (QED) is 0.184. The van der Waals surface area contributed by atoms with Crippen LogP contribution in [-0.4, -0.2) is 30.5 Å². The van der Waals surface area contributed by atoms with E-state index in [-0.39, 0.29) is 18.8 Å². The van der Waals surface area contributed by atoms with Crippen molar-refractivity contribution in [1.82, 2.24) is 5.32 Å². The standard InChI is InChI=1S/C6H15N3O2/c1-5(9-6(7)8)2-3-11-4-10/h5,10H,2-4H2,1H3,(H4,7,8,9). The van der Waals surface area contributed by atoms with E-state index in [0.717, 1.165) is 6.42 Å². The Morgan fingerprint density at radius 1 is 1.82 bits per heavy atom. The summed E-state index contributed by atoms with van der Waals surface area (Å²) in [6.45, 7) is 2.10. The maximum absolute atomic E-state index is 8.25. The fourth-order valence-corrected chi connectivity index (χ4v) is 0.662. The summed E-state index contributed by atoms with van der Waals surface area (Å²) in [4.78, 5) is 0. The average Bonchev–Trinajstić information content (AvgIpc) is 1.86.